The Hall–Kier alpha value is -0.860. The van der Waals surface area contributed by atoms with Crippen LogP contribution in [0, 0.1) is 5.82 Å². The van der Waals surface area contributed by atoms with Crippen LogP contribution in [0.2, 0.25) is 5.02 Å². The van der Waals surface area contributed by atoms with Gasteiger partial charge in [0.1, 0.15) is 5.82 Å². The fourth-order valence-electron chi connectivity index (χ4n) is 2.04. The highest BCUT2D eigenvalue weighted by atomic mass is 79.9. The fourth-order valence-corrected chi connectivity index (χ4v) is 2.86. The highest BCUT2D eigenvalue weighted by Crippen LogP contribution is 2.28. The third kappa shape index (κ3) is 4.32. The summed E-state index contributed by atoms with van der Waals surface area (Å²) in [5.74, 6) is -0.171. The standard InChI is InChI=1S/C16H15BrClF/c17-15(12-5-2-1-3-6-12)8-4-7-13-11-14(18)9-10-16(13)19/h1-3,5-6,9-11,15H,4,7-8H2. The van der Waals surface area contributed by atoms with E-state index in [2.05, 4.69) is 28.1 Å². The van der Waals surface area contributed by atoms with E-state index in [1.54, 1.807) is 12.1 Å². The lowest BCUT2D eigenvalue weighted by Crippen LogP contribution is -1.94. The molecule has 2 aromatic carbocycles. The van der Waals surface area contributed by atoms with Gasteiger partial charge in [0.15, 0.2) is 0 Å². The number of alkyl halides is 1. The SMILES string of the molecule is Fc1ccc(Cl)cc1CCCC(Br)c1ccccc1. The second-order valence-electron chi connectivity index (χ2n) is 4.51. The van der Waals surface area contributed by atoms with E-state index in [-0.39, 0.29) is 5.82 Å². The second-order valence-corrected chi connectivity index (χ2v) is 6.05. The summed E-state index contributed by atoms with van der Waals surface area (Å²) >= 11 is 9.55. The van der Waals surface area contributed by atoms with Gasteiger partial charge in [-0.1, -0.05) is 57.9 Å². The van der Waals surface area contributed by atoms with Crippen LogP contribution in [0.15, 0.2) is 48.5 Å². The molecule has 100 valence electrons. The Bertz CT molecular complexity index is 528. The molecule has 0 aliphatic carbocycles. The molecule has 0 fully saturated rings. The van der Waals surface area contributed by atoms with Crippen LogP contribution in [0.3, 0.4) is 0 Å². The summed E-state index contributed by atoms with van der Waals surface area (Å²) < 4.78 is 13.5. The van der Waals surface area contributed by atoms with Gasteiger partial charge in [-0.25, -0.2) is 4.39 Å². The molecule has 0 aromatic heterocycles. The summed E-state index contributed by atoms with van der Waals surface area (Å²) in [4.78, 5) is 0.316. The summed E-state index contributed by atoms with van der Waals surface area (Å²) in [6, 6.07) is 15.0. The molecule has 19 heavy (non-hydrogen) atoms. The van der Waals surface area contributed by atoms with Crippen LogP contribution in [0.4, 0.5) is 4.39 Å². The first-order valence-electron chi connectivity index (χ1n) is 6.30. The maximum atomic E-state index is 13.5. The van der Waals surface area contributed by atoms with Crippen molar-refractivity contribution in [3.05, 3.63) is 70.5 Å². The lowest BCUT2D eigenvalue weighted by atomic mass is 10.0. The first-order chi connectivity index (χ1) is 9.16. The predicted molar refractivity (Wildman–Crippen MR) is 82.5 cm³/mol. The monoisotopic (exact) mass is 340 g/mol. The van der Waals surface area contributed by atoms with Gasteiger partial charge in [0.2, 0.25) is 0 Å². The van der Waals surface area contributed by atoms with Crippen LogP contribution < -0.4 is 0 Å². The molecule has 2 aromatic rings. The van der Waals surface area contributed by atoms with Crippen molar-refractivity contribution in [3.63, 3.8) is 0 Å². The van der Waals surface area contributed by atoms with Crippen LogP contribution in [-0.4, -0.2) is 0 Å². The summed E-state index contributed by atoms with van der Waals surface area (Å²) in [7, 11) is 0. The summed E-state index contributed by atoms with van der Waals surface area (Å²) in [5, 5.41) is 0.592. The smallest absolute Gasteiger partial charge is 0.126 e. The van der Waals surface area contributed by atoms with E-state index < -0.39 is 0 Å². The Kier molecular flexibility index (Phi) is 5.41. The zero-order valence-electron chi connectivity index (χ0n) is 10.5. The van der Waals surface area contributed by atoms with E-state index in [0.717, 1.165) is 12.8 Å². The molecule has 0 saturated carbocycles. The Morgan fingerprint density at radius 1 is 1.11 bits per heavy atom. The highest BCUT2D eigenvalue weighted by Gasteiger charge is 2.08. The van der Waals surface area contributed by atoms with E-state index in [1.807, 2.05) is 18.2 Å². The van der Waals surface area contributed by atoms with Crippen molar-refractivity contribution in [1.29, 1.82) is 0 Å². The molecule has 0 bridgehead atoms. The van der Waals surface area contributed by atoms with Crippen molar-refractivity contribution < 1.29 is 4.39 Å². The quantitative estimate of drug-likeness (QED) is 0.591. The van der Waals surface area contributed by atoms with Crippen LogP contribution in [0.25, 0.3) is 0 Å². The van der Waals surface area contributed by atoms with Crippen LogP contribution in [-0.2, 0) is 6.42 Å². The van der Waals surface area contributed by atoms with E-state index in [4.69, 9.17) is 11.6 Å². The van der Waals surface area contributed by atoms with Gasteiger partial charge in [-0.15, -0.1) is 0 Å². The molecule has 1 atom stereocenters. The Morgan fingerprint density at radius 3 is 2.58 bits per heavy atom. The molecule has 0 saturated heterocycles. The largest absolute Gasteiger partial charge is 0.207 e. The normalized spacial score (nSPS) is 12.4. The Balaban J connectivity index is 1.88. The first-order valence-corrected chi connectivity index (χ1v) is 7.59. The maximum Gasteiger partial charge on any atom is 0.126 e. The minimum atomic E-state index is -0.171. The topological polar surface area (TPSA) is 0 Å². The molecule has 0 aliphatic heterocycles. The molecule has 0 heterocycles. The minimum absolute atomic E-state index is 0.171. The number of rotatable bonds is 5. The van der Waals surface area contributed by atoms with Gasteiger partial charge in [0.25, 0.3) is 0 Å². The van der Waals surface area contributed by atoms with Gasteiger partial charge >= 0.3 is 0 Å². The summed E-state index contributed by atoms with van der Waals surface area (Å²) in [6.07, 6.45) is 2.60. The molecule has 1 unspecified atom stereocenters. The average molecular weight is 342 g/mol. The zero-order chi connectivity index (χ0) is 13.7. The van der Waals surface area contributed by atoms with Crippen molar-refractivity contribution >= 4 is 27.5 Å². The van der Waals surface area contributed by atoms with E-state index in [1.165, 1.54) is 11.6 Å². The third-order valence-electron chi connectivity index (χ3n) is 3.07. The zero-order valence-corrected chi connectivity index (χ0v) is 12.8. The molecule has 0 radical (unpaired) electrons. The molecule has 0 spiro atoms. The van der Waals surface area contributed by atoms with Crippen LogP contribution in [0.1, 0.15) is 28.8 Å². The fraction of sp³-hybridized carbons (Fsp3) is 0.250. The van der Waals surface area contributed by atoms with E-state index in [9.17, 15) is 4.39 Å². The third-order valence-corrected chi connectivity index (χ3v) is 4.29. The Morgan fingerprint density at radius 2 is 1.84 bits per heavy atom. The molecule has 0 N–H and O–H groups in total. The number of hydrogen-bond acceptors (Lipinski definition) is 0. The number of hydrogen-bond donors (Lipinski definition) is 0. The number of benzene rings is 2. The first kappa shape index (κ1) is 14.5. The van der Waals surface area contributed by atoms with Crippen molar-refractivity contribution in [2.45, 2.75) is 24.1 Å². The van der Waals surface area contributed by atoms with Crippen molar-refractivity contribution in [2.75, 3.05) is 0 Å². The molecule has 3 heteroatoms. The van der Waals surface area contributed by atoms with Gasteiger partial charge in [0, 0.05) is 9.85 Å². The molecular formula is C16H15BrClF. The summed E-state index contributed by atoms with van der Waals surface area (Å²) in [6.45, 7) is 0. The maximum absolute atomic E-state index is 13.5. The van der Waals surface area contributed by atoms with E-state index >= 15 is 0 Å². The lowest BCUT2D eigenvalue weighted by Gasteiger charge is -2.10. The molecule has 0 nitrogen and oxygen atoms in total. The number of halogens is 3. The van der Waals surface area contributed by atoms with Crippen LogP contribution >= 0.6 is 27.5 Å². The number of aryl methyl sites for hydroxylation is 1. The molecule has 2 rings (SSSR count). The van der Waals surface area contributed by atoms with Crippen molar-refractivity contribution in [3.8, 4) is 0 Å². The lowest BCUT2D eigenvalue weighted by molar-refractivity contribution is 0.600. The van der Waals surface area contributed by atoms with Crippen molar-refractivity contribution in [1.82, 2.24) is 0 Å². The van der Waals surface area contributed by atoms with Gasteiger partial charge in [0.05, 0.1) is 0 Å². The van der Waals surface area contributed by atoms with Gasteiger partial charge in [-0.3, -0.25) is 0 Å². The minimum Gasteiger partial charge on any atom is -0.207 e. The average Bonchev–Trinajstić information content (AvgIpc) is 2.43. The van der Waals surface area contributed by atoms with Crippen LogP contribution in [0.5, 0.6) is 0 Å². The molecule has 0 amide bonds. The Labute approximate surface area is 126 Å². The second kappa shape index (κ2) is 7.06. The summed E-state index contributed by atoms with van der Waals surface area (Å²) in [5.41, 5.74) is 1.95. The van der Waals surface area contributed by atoms with Gasteiger partial charge < -0.3 is 0 Å². The van der Waals surface area contributed by atoms with Gasteiger partial charge in [-0.2, -0.15) is 0 Å². The van der Waals surface area contributed by atoms with Crippen molar-refractivity contribution in [2.24, 2.45) is 0 Å². The molecular weight excluding hydrogens is 327 g/mol. The highest BCUT2D eigenvalue weighted by molar-refractivity contribution is 9.09. The predicted octanol–water partition coefficient (Wildman–Crippen LogP) is 5.94. The van der Waals surface area contributed by atoms with E-state index in [0.29, 0.717) is 21.8 Å². The molecule has 0 aliphatic rings. The van der Waals surface area contributed by atoms with Gasteiger partial charge in [-0.05, 0) is 48.6 Å².